The Balaban J connectivity index is 2.06. The Morgan fingerprint density at radius 3 is 2.82 bits per heavy atom. The summed E-state index contributed by atoms with van der Waals surface area (Å²) in [4.78, 5) is 38.4. The van der Waals surface area contributed by atoms with E-state index in [-0.39, 0.29) is 29.2 Å². The van der Waals surface area contributed by atoms with Crippen LogP contribution in [0.4, 0.5) is 0 Å². The molecule has 0 aliphatic carbocycles. The molecule has 1 atom stereocenters. The lowest BCUT2D eigenvalue weighted by atomic mass is 10.2. The Hall–Kier alpha value is -3.04. The lowest BCUT2D eigenvalue weighted by Crippen LogP contribution is -2.41. The van der Waals surface area contributed by atoms with Gasteiger partial charge in [-0.3, -0.25) is 9.59 Å². The number of guanidine groups is 1. The standard InChI is InChI=1S/C13H16N6O7S2/c14-12(17-19(23)24)15-5-1-2-8(11(20)21)18-28(25,26)7-3-4-10-9(6-7)16-13(22)27-10/h3-4,6,8,18H,1-2,5H2,(H,16,22)(H,20,21)(H3,14,15,17). The third-order valence-corrected chi connectivity index (χ3v) is 5.77. The predicted molar refractivity (Wildman–Crippen MR) is 100 cm³/mol. The molecule has 2 aromatic rings. The molecule has 0 saturated carbocycles. The lowest BCUT2D eigenvalue weighted by molar-refractivity contribution is -0.525. The number of rotatable bonds is 9. The maximum Gasteiger partial charge on any atom is 0.321 e. The number of sulfonamides is 1. The van der Waals surface area contributed by atoms with E-state index in [0.29, 0.717) is 10.2 Å². The first-order chi connectivity index (χ1) is 13.1. The second-order valence-corrected chi connectivity index (χ2v) is 8.19. The van der Waals surface area contributed by atoms with Gasteiger partial charge in [-0.05, 0) is 31.0 Å². The summed E-state index contributed by atoms with van der Waals surface area (Å²) < 4.78 is 27.6. The number of nitrogens with zero attached hydrogens (tertiary/aromatic N) is 2. The van der Waals surface area contributed by atoms with Crippen LogP contribution < -0.4 is 20.8 Å². The maximum atomic E-state index is 12.5. The van der Waals surface area contributed by atoms with Crippen molar-refractivity contribution in [1.82, 2.24) is 15.1 Å². The highest BCUT2D eigenvalue weighted by Crippen LogP contribution is 2.19. The lowest BCUT2D eigenvalue weighted by Gasteiger charge is -2.14. The molecule has 1 aromatic heterocycles. The minimum atomic E-state index is -4.17. The van der Waals surface area contributed by atoms with Gasteiger partial charge in [-0.15, -0.1) is 0 Å². The Morgan fingerprint density at radius 2 is 2.18 bits per heavy atom. The van der Waals surface area contributed by atoms with E-state index in [1.807, 2.05) is 0 Å². The van der Waals surface area contributed by atoms with E-state index in [1.54, 1.807) is 5.43 Å². The van der Waals surface area contributed by atoms with Gasteiger partial charge in [-0.25, -0.2) is 23.5 Å². The smallest absolute Gasteiger partial charge is 0.321 e. The summed E-state index contributed by atoms with van der Waals surface area (Å²) in [5.74, 6) is -1.84. The number of hydrogen-bond donors (Lipinski definition) is 5. The first-order valence-corrected chi connectivity index (χ1v) is 9.97. The van der Waals surface area contributed by atoms with Crippen molar-refractivity contribution in [3.63, 3.8) is 0 Å². The molecule has 6 N–H and O–H groups in total. The zero-order chi connectivity index (χ0) is 20.9. The largest absolute Gasteiger partial charge is 0.480 e. The molecule has 0 fully saturated rings. The normalized spacial score (nSPS) is 13.4. The van der Waals surface area contributed by atoms with Crippen molar-refractivity contribution in [2.45, 2.75) is 23.8 Å². The fraction of sp³-hybridized carbons (Fsp3) is 0.308. The second kappa shape index (κ2) is 8.77. The van der Waals surface area contributed by atoms with Gasteiger partial charge in [0.15, 0.2) is 5.03 Å². The highest BCUT2D eigenvalue weighted by Gasteiger charge is 2.25. The molecule has 1 aromatic carbocycles. The van der Waals surface area contributed by atoms with Crippen molar-refractivity contribution < 1.29 is 23.4 Å². The summed E-state index contributed by atoms with van der Waals surface area (Å²) in [6.45, 7) is -0.0414. The van der Waals surface area contributed by atoms with E-state index in [1.165, 1.54) is 18.2 Å². The summed E-state index contributed by atoms with van der Waals surface area (Å²) in [7, 11) is -4.17. The van der Waals surface area contributed by atoms with Gasteiger partial charge in [0.1, 0.15) is 6.04 Å². The van der Waals surface area contributed by atoms with Crippen LogP contribution in [0.5, 0.6) is 0 Å². The zero-order valence-corrected chi connectivity index (χ0v) is 15.7. The number of carbonyl (C=O) groups is 1. The number of aliphatic carboxylic acids is 1. The van der Waals surface area contributed by atoms with E-state index in [0.717, 1.165) is 11.3 Å². The van der Waals surface area contributed by atoms with Crippen molar-refractivity contribution in [2.75, 3.05) is 6.54 Å². The molecule has 28 heavy (non-hydrogen) atoms. The van der Waals surface area contributed by atoms with E-state index in [2.05, 4.69) is 14.7 Å². The number of fused-ring (bicyclic) bond motifs is 1. The highest BCUT2D eigenvalue weighted by atomic mass is 32.2. The van der Waals surface area contributed by atoms with Gasteiger partial charge in [0.2, 0.25) is 10.0 Å². The number of H-pyrrole nitrogens is 1. The number of carboxylic acid groups (broad SMARTS) is 1. The third-order valence-electron chi connectivity index (χ3n) is 3.44. The van der Waals surface area contributed by atoms with Gasteiger partial charge >= 0.3 is 10.8 Å². The van der Waals surface area contributed by atoms with Gasteiger partial charge in [-0.2, -0.15) is 4.72 Å². The molecule has 15 heteroatoms. The molecule has 0 aliphatic heterocycles. The molecular weight excluding hydrogens is 416 g/mol. The van der Waals surface area contributed by atoms with Crippen LogP contribution in [0, 0.1) is 10.1 Å². The minimum absolute atomic E-state index is 0.0414. The van der Waals surface area contributed by atoms with Crippen LogP contribution in [-0.4, -0.2) is 48.1 Å². The molecule has 0 saturated heterocycles. The first kappa shape index (κ1) is 21.3. The number of hydrogen-bond acceptors (Lipinski definition) is 8. The summed E-state index contributed by atoms with van der Waals surface area (Å²) in [6, 6.07) is 2.51. The van der Waals surface area contributed by atoms with Crippen LogP contribution in [0.15, 0.2) is 32.9 Å². The van der Waals surface area contributed by atoms with Crippen molar-refractivity contribution in [3.05, 3.63) is 38.0 Å². The summed E-state index contributed by atoms with van der Waals surface area (Å²) >= 11 is 0.919. The molecule has 0 radical (unpaired) electrons. The molecule has 0 bridgehead atoms. The molecule has 2 rings (SSSR count). The van der Waals surface area contributed by atoms with Crippen LogP contribution in [0.1, 0.15) is 12.8 Å². The van der Waals surface area contributed by atoms with Crippen molar-refractivity contribution >= 4 is 43.5 Å². The van der Waals surface area contributed by atoms with Crippen LogP contribution >= 0.6 is 11.3 Å². The Kier molecular flexibility index (Phi) is 6.66. The topological polar surface area (TPSA) is 210 Å². The van der Waals surface area contributed by atoms with Crippen molar-refractivity contribution in [2.24, 2.45) is 10.7 Å². The number of hydrazine groups is 1. The van der Waals surface area contributed by atoms with Gasteiger partial charge in [0, 0.05) is 6.54 Å². The Morgan fingerprint density at radius 1 is 1.46 bits per heavy atom. The fourth-order valence-corrected chi connectivity index (χ4v) is 4.18. The summed E-state index contributed by atoms with van der Waals surface area (Å²) in [6.07, 6.45) is -0.0161. The number of benzene rings is 1. The Labute approximate surface area is 161 Å². The predicted octanol–water partition coefficient (Wildman–Crippen LogP) is -0.803. The molecule has 13 nitrogen and oxygen atoms in total. The number of thiazole rings is 1. The minimum Gasteiger partial charge on any atom is -0.480 e. The molecule has 0 spiro atoms. The summed E-state index contributed by atoms with van der Waals surface area (Å²) in [5, 5.41) is 18.5. The molecule has 0 aliphatic rings. The molecular formula is C13H16N6O7S2. The summed E-state index contributed by atoms with van der Waals surface area (Å²) in [5.41, 5.74) is 7.18. The third kappa shape index (κ3) is 5.73. The number of aromatic nitrogens is 1. The molecule has 0 amide bonds. The number of nitro groups is 1. The van der Waals surface area contributed by atoms with E-state index in [9.17, 15) is 33.2 Å². The van der Waals surface area contributed by atoms with Gasteiger partial charge in [0.05, 0.1) is 15.1 Å². The number of nitrogens with one attached hydrogen (secondary N) is 3. The second-order valence-electron chi connectivity index (χ2n) is 5.46. The number of aromatic amines is 1. The van der Waals surface area contributed by atoms with E-state index < -0.39 is 33.0 Å². The average molecular weight is 432 g/mol. The Bertz CT molecular complexity index is 1070. The zero-order valence-electron chi connectivity index (χ0n) is 14.1. The highest BCUT2D eigenvalue weighted by molar-refractivity contribution is 7.89. The van der Waals surface area contributed by atoms with E-state index in [4.69, 9.17) is 5.73 Å². The number of carboxylic acids is 1. The van der Waals surface area contributed by atoms with Crippen LogP contribution in [-0.2, 0) is 14.8 Å². The van der Waals surface area contributed by atoms with Crippen molar-refractivity contribution in [1.29, 1.82) is 0 Å². The van der Waals surface area contributed by atoms with Crippen LogP contribution in [0.3, 0.4) is 0 Å². The molecule has 1 heterocycles. The maximum absolute atomic E-state index is 12.5. The molecule has 1 unspecified atom stereocenters. The fourth-order valence-electron chi connectivity index (χ4n) is 2.21. The van der Waals surface area contributed by atoms with E-state index >= 15 is 0 Å². The van der Waals surface area contributed by atoms with Gasteiger partial charge in [-0.1, -0.05) is 16.8 Å². The average Bonchev–Trinajstić information content (AvgIpc) is 2.95. The monoisotopic (exact) mass is 432 g/mol. The first-order valence-electron chi connectivity index (χ1n) is 7.67. The van der Waals surface area contributed by atoms with Crippen LogP contribution in [0.25, 0.3) is 10.2 Å². The van der Waals surface area contributed by atoms with Crippen molar-refractivity contribution in [3.8, 4) is 0 Å². The SMILES string of the molecule is NC(=NCCCC(NS(=O)(=O)c1ccc2sc(=O)[nH]c2c1)C(=O)O)N[N+](=O)[O-]. The van der Waals surface area contributed by atoms with Crippen LogP contribution in [0.2, 0.25) is 0 Å². The number of nitrogens with two attached hydrogens (primary N) is 1. The quantitative estimate of drug-likeness (QED) is 0.110. The number of aliphatic imine (C=N–C) groups is 1. The van der Waals surface area contributed by atoms with Gasteiger partial charge < -0.3 is 15.8 Å². The van der Waals surface area contributed by atoms with Gasteiger partial charge in [0.25, 0.3) is 5.96 Å². The molecule has 152 valence electrons.